The molecule has 0 spiro atoms. The van der Waals surface area contributed by atoms with Gasteiger partial charge in [-0.2, -0.15) is 0 Å². The Balaban J connectivity index is 1.25. The van der Waals surface area contributed by atoms with E-state index in [4.69, 9.17) is 0 Å². The monoisotopic (exact) mass is 490 g/mol. The maximum Gasteiger partial charge on any atom is 0.240 e. The van der Waals surface area contributed by atoms with Crippen LogP contribution in [0.5, 0.6) is 0 Å². The first kappa shape index (κ1) is 23.3. The standard InChI is InChI=1S/C31H30N4O2/c36-30(26-20-33-28-13-7-5-11-25(26)28)21-35-17-16-34(15-14-22-8-2-1-3-9-22)31(37)29(35)18-23-19-32-27-12-6-4-10-24(23)27/h1-13,19-20,29,32-33H,14-18,21H2. The summed E-state index contributed by atoms with van der Waals surface area (Å²) in [7, 11) is 0. The second-order valence-electron chi connectivity index (χ2n) is 9.78. The van der Waals surface area contributed by atoms with Crippen LogP contribution in [0.25, 0.3) is 21.8 Å². The van der Waals surface area contributed by atoms with E-state index >= 15 is 0 Å². The first-order valence-electron chi connectivity index (χ1n) is 12.9. The number of aromatic amines is 2. The molecular weight excluding hydrogens is 460 g/mol. The van der Waals surface area contributed by atoms with Gasteiger partial charge in [0, 0.05) is 59.4 Å². The van der Waals surface area contributed by atoms with Gasteiger partial charge in [0.15, 0.2) is 5.78 Å². The van der Waals surface area contributed by atoms with Crippen molar-refractivity contribution in [3.8, 4) is 0 Å². The topological polar surface area (TPSA) is 72.2 Å². The lowest BCUT2D eigenvalue weighted by Crippen LogP contribution is -2.59. The number of rotatable bonds is 8. The van der Waals surface area contributed by atoms with E-state index in [-0.39, 0.29) is 18.2 Å². The van der Waals surface area contributed by atoms with Crippen LogP contribution < -0.4 is 0 Å². The number of aromatic nitrogens is 2. The smallest absolute Gasteiger partial charge is 0.240 e. The summed E-state index contributed by atoms with van der Waals surface area (Å²) in [4.78, 5) is 37.9. The van der Waals surface area contributed by atoms with Gasteiger partial charge in [0.1, 0.15) is 0 Å². The van der Waals surface area contributed by atoms with Crippen molar-refractivity contribution in [1.82, 2.24) is 19.8 Å². The van der Waals surface area contributed by atoms with Crippen molar-refractivity contribution >= 4 is 33.5 Å². The molecule has 1 amide bonds. The van der Waals surface area contributed by atoms with Gasteiger partial charge in [-0.1, -0.05) is 66.7 Å². The van der Waals surface area contributed by atoms with Crippen LogP contribution in [0.2, 0.25) is 0 Å². The molecule has 1 atom stereocenters. The fourth-order valence-corrected chi connectivity index (χ4v) is 5.50. The average Bonchev–Trinajstić information content (AvgIpc) is 3.55. The lowest BCUT2D eigenvalue weighted by atomic mass is 9.99. The highest BCUT2D eigenvalue weighted by Gasteiger charge is 2.36. The number of hydrogen-bond donors (Lipinski definition) is 2. The number of nitrogens with one attached hydrogen (secondary N) is 2. The third-order valence-corrected chi connectivity index (χ3v) is 7.53. The number of amides is 1. The number of hydrogen-bond acceptors (Lipinski definition) is 3. The van der Waals surface area contributed by atoms with Crippen LogP contribution in [-0.2, 0) is 17.6 Å². The molecule has 6 nitrogen and oxygen atoms in total. The molecule has 2 N–H and O–H groups in total. The van der Waals surface area contributed by atoms with Gasteiger partial charge in [0.05, 0.1) is 12.6 Å². The van der Waals surface area contributed by atoms with Crippen LogP contribution in [-0.4, -0.2) is 63.7 Å². The van der Waals surface area contributed by atoms with Crippen molar-refractivity contribution in [3.63, 3.8) is 0 Å². The Labute approximate surface area is 215 Å². The third-order valence-electron chi connectivity index (χ3n) is 7.53. The Hall–Kier alpha value is -4.16. The van der Waals surface area contributed by atoms with Crippen molar-refractivity contribution in [2.24, 2.45) is 0 Å². The number of piperazine rings is 1. The van der Waals surface area contributed by atoms with Crippen molar-refractivity contribution in [1.29, 1.82) is 0 Å². The molecule has 1 aliphatic rings. The summed E-state index contributed by atoms with van der Waals surface area (Å²) in [6.45, 7) is 2.18. The lowest BCUT2D eigenvalue weighted by molar-refractivity contribution is -0.141. The molecule has 1 aliphatic heterocycles. The highest BCUT2D eigenvalue weighted by molar-refractivity contribution is 6.09. The molecule has 6 rings (SSSR count). The average molecular weight is 491 g/mol. The van der Waals surface area contributed by atoms with Gasteiger partial charge in [-0.3, -0.25) is 14.5 Å². The predicted molar refractivity (Wildman–Crippen MR) is 147 cm³/mol. The van der Waals surface area contributed by atoms with Gasteiger partial charge in [-0.25, -0.2) is 0 Å². The number of carbonyl (C=O) groups is 2. The van der Waals surface area contributed by atoms with Gasteiger partial charge in [0.25, 0.3) is 0 Å². The Bertz CT molecular complexity index is 1550. The van der Waals surface area contributed by atoms with E-state index in [0.717, 1.165) is 33.8 Å². The van der Waals surface area contributed by atoms with Gasteiger partial charge < -0.3 is 14.9 Å². The fraction of sp³-hybridized carbons (Fsp3) is 0.226. The molecule has 1 fully saturated rings. The van der Waals surface area contributed by atoms with Gasteiger partial charge in [-0.05, 0) is 36.1 Å². The SMILES string of the molecule is O=C(CN1CCN(CCc2ccccc2)C(=O)C1Cc1c[nH]c2ccccc12)c1c[nH]c2ccccc12. The number of ketones is 1. The van der Waals surface area contributed by atoms with Crippen LogP contribution >= 0.6 is 0 Å². The molecule has 0 saturated carbocycles. The highest BCUT2D eigenvalue weighted by Crippen LogP contribution is 2.25. The summed E-state index contributed by atoms with van der Waals surface area (Å²) in [5.74, 6) is 0.131. The maximum absolute atomic E-state index is 13.9. The molecule has 2 aromatic heterocycles. The number of carbonyl (C=O) groups excluding carboxylic acids is 2. The van der Waals surface area contributed by atoms with Crippen molar-refractivity contribution < 1.29 is 9.59 Å². The molecule has 3 aromatic carbocycles. The molecule has 186 valence electrons. The van der Waals surface area contributed by atoms with Crippen LogP contribution in [0, 0.1) is 0 Å². The number of benzene rings is 3. The van der Waals surface area contributed by atoms with E-state index in [1.807, 2.05) is 71.8 Å². The van der Waals surface area contributed by atoms with Crippen LogP contribution in [0.1, 0.15) is 21.5 Å². The quantitative estimate of drug-likeness (QED) is 0.306. The largest absolute Gasteiger partial charge is 0.361 e. The molecule has 0 radical (unpaired) electrons. The predicted octanol–water partition coefficient (Wildman–Crippen LogP) is 4.83. The van der Waals surface area contributed by atoms with E-state index in [1.165, 1.54) is 5.56 Å². The molecule has 5 aromatic rings. The summed E-state index contributed by atoms with van der Waals surface area (Å²) in [6.07, 6.45) is 5.17. The minimum atomic E-state index is -0.391. The zero-order valence-corrected chi connectivity index (χ0v) is 20.7. The maximum atomic E-state index is 13.9. The minimum absolute atomic E-state index is 0.0342. The Morgan fingerprint density at radius 1 is 0.811 bits per heavy atom. The van der Waals surface area contributed by atoms with Gasteiger partial charge in [0.2, 0.25) is 5.91 Å². The molecule has 3 heterocycles. The van der Waals surface area contributed by atoms with Crippen LogP contribution in [0.4, 0.5) is 0 Å². The second kappa shape index (κ2) is 10.1. The summed E-state index contributed by atoms with van der Waals surface area (Å²) < 4.78 is 0. The first-order chi connectivity index (χ1) is 18.2. The summed E-state index contributed by atoms with van der Waals surface area (Å²) in [5.41, 5.74) is 5.01. The molecule has 6 heteroatoms. The summed E-state index contributed by atoms with van der Waals surface area (Å²) in [6, 6.07) is 25.9. The van der Waals surface area contributed by atoms with E-state index < -0.39 is 6.04 Å². The zero-order chi connectivity index (χ0) is 25.2. The first-order valence-corrected chi connectivity index (χ1v) is 12.9. The Morgan fingerprint density at radius 3 is 2.30 bits per heavy atom. The molecule has 0 bridgehead atoms. The Morgan fingerprint density at radius 2 is 1.49 bits per heavy atom. The van der Waals surface area contributed by atoms with Gasteiger partial charge >= 0.3 is 0 Å². The normalized spacial score (nSPS) is 16.6. The summed E-state index contributed by atoms with van der Waals surface area (Å²) >= 11 is 0. The van der Waals surface area contributed by atoms with Crippen LogP contribution in [0.15, 0.2) is 91.3 Å². The second-order valence-corrected chi connectivity index (χ2v) is 9.78. The van der Waals surface area contributed by atoms with E-state index in [2.05, 4.69) is 33.1 Å². The van der Waals surface area contributed by atoms with E-state index in [1.54, 1.807) is 6.20 Å². The Kier molecular flexibility index (Phi) is 6.33. The van der Waals surface area contributed by atoms with Crippen molar-refractivity contribution in [2.45, 2.75) is 18.9 Å². The molecular formula is C31H30N4O2. The highest BCUT2D eigenvalue weighted by atomic mass is 16.2. The van der Waals surface area contributed by atoms with E-state index in [9.17, 15) is 9.59 Å². The van der Waals surface area contributed by atoms with Crippen molar-refractivity contribution in [2.75, 3.05) is 26.2 Å². The number of H-pyrrole nitrogens is 2. The van der Waals surface area contributed by atoms with Crippen LogP contribution in [0.3, 0.4) is 0 Å². The fourth-order valence-electron chi connectivity index (χ4n) is 5.50. The third kappa shape index (κ3) is 4.68. The molecule has 37 heavy (non-hydrogen) atoms. The van der Waals surface area contributed by atoms with Gasteiger partial charge in [-0.15, -0.1) is 0 Å². The molecule has 0 aliphatic carbocycles. The molecule has 1 saturated heterocycles. The van der Waals surface area contributed by atoms with E-state index in [0.29, 0.717) is 31.6 Å². The summed E-state index contributed by atoms with van der Waals surface area (Å²) in [5, 5.41) is 2.05. The minimum Gasteiger partial charge on any atom is -0.361 e. The number of para-hydroxylation sites is 2. The molecule has 1 unspecified atom stereocenters. The van der Waals surface area contributed by atoms with Crippen molar-refractivity contribution in [3.05, 3.63) is 108 Å². The number of nitrogens with zero attached hydrogens (tertiary/aromatic N) is 2. The lowest BCUT2D eigenvalue weighted by Gasteiger charge is -2.40. The number of Topliss-reactive ketones (excluding diaryl/α,β-unsaturated/α-hetero) is 1. The zero-order valence-electron chi connectivity index (χ0n) is 20.7. The number of fused-ring (bicyclic) bond motifs is 2.